The van der Waals surface area contributed by atoms with Crippen molar-refractivity contribution in [3.63, 3.8) is 0 Å². The minimum Gasteiger partial charge on any atom is -0.340 e. The second-order valence-electron chi connectivity index (χ2n) is 5.54. The number of rotatable bonds is 6. The van der Waals surface area contributed by atoms with Gasteiger partial charge in [0.2, 0.25) is 5.91 Å². The number of carbonyl (C=O) groups is 1. The van der Waals surface area contributed by atoms with Gasteiger partial charge < -0.3 is 10.6 Å². The summed E-state index contributed by atoms with van der Waals surface area (Å²) in [4.78, 5) is 16.5. The first kappa shape index (κ1) is 15.5. The first-order chi connectivity index (χ1) is 9.69. The van der Waals surface area contributed by atoms with Crippen LogP contribution in [-0.4, -0.2) is 47.9 Å². The summed E-state index contributed by atoms with van der Waals surface area (Å²) in [5, 5.41) is 4.31. The van der Waals surface area contributed by atoms with Crippen molar-refractivity contribution >= 4 is 17.2 Å². The van der Waals surface area contributed by atoms with Crippen LogP contribution in [0.25, 0.3) is 0 Å². The summed E-state index contributed by atoms with van der Waals surface area (Å²) in [5.74, 6) is 0.223. The number of carbonyl (C=O) groups excluding carboxylic acids is 1. The predicted octanol–water partition coefficient (Wildman–Crippen LogP) is 1.91. The third kappa shape index (κ3) is 4.58. The lowest BCUT2D eigenvalue weighted by Gasteiger charge is -2.35. The fourth-order valence-electron chi connectivity index (χ4n) is 2.62. The van der Waals surface area contributed by atoms with Crippen LogP contribution in [-0.2, 0) is 11.3 Å². The quantitative estimate of drug-likeness (QED) is 0.872. The van der Waals surface area contributed by atoms with Crippen LogP contribution in [0.5, 0.6) is 0 Å². The van der Waals surface area contributed by atoms with Crippen LogP contribution in [0.4, 0.5) is 0 Å². The highest BCUT2D eigenvalue weighted by atomic mass is 32.1. The van der Waals surface area contributed by atoms with E-state index in [0.717, 1.165) is 45.6 Å². The Morgan fingerprint density at radius 2 is 2.15 bits per heavy atom. The Labute approximate surface area is 125 Å². The van der Waals surface area contributed by atoms with E-state index in [2.05, 4.69) is 28.7 Å². The predicted molar refractivity (Wildman–Crippen MR) is 83.7 cm³/mol. The van der Waals surface area contributed by atoms with Gasteiger partial charge in [0.1, 0.15) is 0 Å². The van der Waals surface area contributed by atoms with E-state index in [1.54, 1.807) is 11.3 Å². The van der Waals surface area contributed by atoms with Crippen LogP contribution in [0.2, 0.25) is 0 Å². The van der Waals surface area contributed by atoms with E-state index in [9.17, 15) is 4.79 Å². The molecule has 112 valence electrons. The summed E-state index contributed by atoms with van der Waals surface area (Å²) >= 11 is 1.74. The van der Waals surface area contributed by atoms with Gasteiger partial charge in [0.25, 0.3) is 0 Å². The Morgan fingerprint density at radius 3 is 2.75 bits per heavy atom. The summed E-state index contributed by atoms with van der Waals surface area (Å²) in [6.07, 6.45) is 2.48. The molecule has 1 atom stereocenters. The minimum absolute atomic E-state index is 0.0244. The number of hydrogen-bond acceptors (Lipinski definition) is 4. The first-order valence-electron chi connectivity index (χ1n) is 7.46. The van der Waals surface area contributed by atoms with Gasteiger partial charge in [-0.15, -0.1) is 0 Å². The van der Waals surface area contributed by atoms with Crippen LogP contribution in [0.15, 0.2) is 16.8 Å². The number of hydrogen-bond donors (Lipinski definition) is 1. The molecule has 0 saturated carbocycles. The summed E-state index contributed by atoms with van der Waals surface area (Å²) in [6.45, 7) is 6.70. The zero-order valence-corrected chi connectivity index (χ0v) is 13.1. The van der Waals surface area contributed by atoms with Crippen molar-refractivity contribution in [3.8, 4) is 0 Å². The molecule has 1 unspecified atom stereocenters. The van der Waals surface area contributed by atoms with Crippen LogP contribution in [0, 0.1) is 0 Å². The Kier molecular flexibility index (Phi) is 6.01. The second-order valence-corrected chi connectivity index (χ2v) is 6.32. The molecule has 1 fully saturated rings. The van der Waals surface area contributed by atoms with Gasteiger partial charge in [-0.05, 0) is 28.8 Å². The second kappa shape index (κ2) is 7.76. The highest BCUT2D eigenvalue weighted by molar-refractivity contribution is 7.07. The minimum atomic E-state index is 0.0244. The monoisotopic (exact) mass is 295 g/mol. The van der Waals surface area contributed by atoms with Gasteiger partial charge in [0.15, 0.2) is 0 Å². The van der Waals surface area contributed by atoms with Gasteiger partial charge in [0.05, 0.1) is 0 Å². The Bertz CT molecular complexity index is 399. The zero-order valence-electron chi connectivity index (χ0n) is 12.3. The average Bonchev–Trinajstić information content (AvgIpc) is 2.92. The maximum absolute atomic E-state index is 12.1. The summed E-state index contributed by atoms with van der Waals surface area (Å²) in [7, 11) is 0. The van der Waals surface area contributed by atoms with E-state index in [1.165, 1.54) is 5.56 Å². The van der Waals surface area contributed by atoms with Gasteiger partial charge in [-0.3, -0.25) is 9.69 Å². The van der Waals surface area contributed by atoms with Crippen molar-refractivity contribution in [2.75, 3.05) is 26.2 Å². The lowest BCUT2D eigenvalue weighted by atomic mass is 10.1. The fourth-order valence-corrected chi connectivity index (χ4v) is 3.28. The highest BCUT2D eigenvalue weighted by Crippen LogP contribution is 2.12. The molecule has 1 amide bonds. The molecule has 4 nitrogen and oxygen atoms in total. The lowest BCUT2D eigenvalue weighted by Crippen LogP contribution is -2.49. The SMILES string of the molecule is CCCC(N)CC(=O)N1CCN(Cc2ccsc2)CC1. The molecule has 20 heavy (non-hydrogen) atoms. The smallest absolute Gasteiger partial charge is 0.224 e. The van der Waals surface area contributed by atoms with Gasteiger partial charge >= 0.3 is 0 Å². The third-order valence-electron chi connectivity index (χ3n) is 3.81. The molecule has 0 bridgehead atoms. The Balaban J connectivity index is 1.72. The maximum atomic E-state index is 12.1. The molecule has 2 N–H and O–H groups in total. The molecule has 0 radical (unpaired) electrons. The first-order valence-corrected chi connectivity index (χ1v) is 8.40. The molecule has 0 spiro atoms. The van der Waals surface area contributed by atoms with E-state index in [-0.39, 0.29) is 11.9 Å². The topological polar surface area (TPSA) is 49.6 Å². The molecule has 1 saturated heterocycles. The molecule has 5 heteroatoms. The molecule has 1 aromatic heterocycles. The van der Waals surface area contributed by atoms with E-state index < -0.39 is 0 Å². The largest absolute Gasteiger partial charge is 0.340 e. The standard InChI is InChI=1S/C15H25N3OS/c1-2-3-14(16)10-15(19)18-7-5-17(6-8-18)11-13-4-9-20-12-13/h4,9,12,14H,2-3,5-8,10-11,16H2,1H3. The number of piperazine rings is 1. The van der Waals surface area contributed by atoms with Gasteiger partial charge in [-0.1, -0.05) is 13.3 Å². The molecular formula is C15H25N3OS. The molecule has 2 heterocycles. The van der Waals surface area contributed by atoms with Gasteiger partial charge in [-0.2, -0.15) is 11.3 Å². The van der Waals surface area contributed by atoms with Crippen molar-refractivity contribution in [2.45, 2.75) is 38.8 Å². The zero-order chi connectivity index (χ0) is 14.4. The number of nitrogens with zero attached hydrogens (tertiary/aromatic N) is 2. The van der Waals surface area contributed by atoms with Crippen LogP contribution in [0.3, 0.4) is 0 Å². The van der Waals surface area contributed by atoms with Crippen LogP contribution < -0.4 is 5.73 Å². The van der Waals surface area contributed by atoms with E-state index in [0.29, 0.717) is 6.42 Å². The highest BCUT2D eigenvalue weighted by Gasteiger charge is 2.22. The molecule has 0 aromatic carbocycles. The summed E-state index contributed by atoms with van der Waals surface area (Å²) in [6, 6.07) is 2.20. The van der Waals surface area contributed by atoms with Crippen molar-refractivity contribution < 1.29 is 4.79 Å². The molecule has 1 aliphatic heterocycles. The maximum Gasteiger partial charge on any atom is 0.224 e. The van der Waals surface area contributed by atoms with Crippen LogP contribution >= 0.6 is 11.3 Å². The van der Waals surface area contributed by atoms with E-state index in [1.807, 2.05) is 4.90 Å². The normalized spacial score (nSPS) is 18.2. The molecule has 2 rings (SSSR count). The third-order valence-corrected chi connectivity index (χ3v) is 4.54. The van der Waals surface area contributed by atoms with Gasteiger partial charge in [-0.25, -0.2) is 0 Å². The van der Waals surface area contributed by atoms with Gasteiger partial charge in [0, 0.05) is 45.2 Å². The molecule has 0 aliphatic carbocycles. The molecule has 1 aromatic rings. The van der Waals surface area contributed by atoms with E-state index in [4.69, 9.17) is 5.73 Å². The van der Waals surface area contributed by atoms with Crippen molar-refractivity contribution in [2.24, 2.45) is 5.73 Å². The number of amides is 1. The number of nitrogens with two attached hydrogens (primary N) is 1. The Hall–Kier alpha value is -0.910. The van der Waals surface area contributed by atoms with Crippen molar-refractivity contribution in [3.05, 3.63) is 22.4 Å². The Morgan fingerprint density at radius 1 is 1.40 bits per heavy atom. The average molecular weight is 295 g/mol. The molecule has 1 aliphatic rings. The fraction of sp³-hybridized carbons (Fsp3) is 0.667. The molecular weight excluding hydrogens is 270 g/mol. The lowest BCUT2D eigenvalue weighted by molar-refractivity contribution is -0.133. The van der Waals surface area contributed by atoms with E-state index >= 15 is 0 Å². The van der Waals surface area contributed by atoms with Crippen molar-refractivity contribution in [1.82, 2.24) is 9.80 Å². The number of thiophene rings is 1. The van der Waals surface area contributed by atoms with Crippen molar-refractivity contribution in [1.29, 1.82) is 0 Å². The summed E-state index contributed by atoms with van der Waals surface area (Å²) < 4.78 is 0. The summed E-state index contributed by atoms with van der Waals surface area (Å²) in [5.41, 5.74) is 7.33. The van der Waals surface area contributed by atoms with Crippen LogP contribution in [0.1, 0.15) is 31.7 Å².